The monoisotopic (exact) mass is 218 g/mol. The molecule has 2 fully saturated rings. The van der Waals surface area contributed by atoms with Gasteiger partial charge in [-0.05, 0) is 32.2 Å². The Hall–Kier alpha value is -1.16. The largest absolute Gasteiger partial charge is 0.356 e. The maximum atomic E-state index is 4.37. The Bertz CT molecular complexity index is 379. The highest BCUT2D eigenvalue weighted by Crippen LogP contribution is 2.27. The third-order valence-corrected chi connectivity index (χ3v) is 3.77. The second kappa shape index (κ2) is 4.01. The SMILES string of the molecule is Cc1cc(N2CCC3NCCC3C2)ncn1. The molecule has 0 radical (unpaired) electrons. The Labute approximate surface area is 96.1 Å². The summed E-state index contributed by atoms with van der Waals surface area (Å²) in [6, 6.07) is 2.84. The summed E-state index contributed by atoms with van der Waals surface area (Å²) in [5, 5.41) is 3.58. The van der Waals surface area contributed by atoms with E-state index >= 15 is 0 Å². The lowest BCUT2D eigenvalue weighted by Crippen LogP contribution is -2.44. The van der Waals surface area contributed by atoms with E-state index in [0.29, 0.717) is 0 Å². The van der Waals surface area contributed by atoms with E-state index in [1.54, 1.807) is 6.33 Å². The van der Waals surface area contributed by atoms with Gasteiger partial charge in [-0.15, -0.1) is 0 Å². The molecule has 1 aromatic heterocycles. The zero-order chi connectivity index (χ0) is 11.0. The van der Waals surface area contributed by atoms with Crippen LogP contribution in [0.4, 0.5) is 5.82 Å². The van der Waals surface area contributed by atoms with Gasteiger partial charge in [-0.2, -0.15) is 0 Å². The van der Waals surface area contributed by atoms with E-state index in [4.69, 9.17) is 0 Å². The molecule has 4 nitrogen and oxygen atoms in total. The van der Waals surface area contributed by atoms with Gasteiger partial charge in [0.2, 0.25) is 0 Å². The molecule has 0 bridgehead atoms. The van der Waals surface area contributed by atoms with Crippen LogP contribution in [0.15, 0.2) is 12.4 Å². The number of hydrogen-bond acceptors (Lipinski definition) is 4. The first-order chi connectivity index (χ1) is 7.83. The Morgan fingerprint density at radius 1 is 1.38 bits per heavy atom. The first kappa shape index (κ1) is 10.0. The van der Waals surface area contributed by atoms with Crippen molar-refractivity contribution in [3.8, 4) is 0 Å². The van der Waals surface area contributed by atoms with Gasteiger partial charge < -0.3 is 10.2 Å². The smallest absolute Gasteiger partial charge is 0.132 e. The van der Waals surface area contributed by atoms with Gasteiger partial charge in [0.1, 0.15) is 12.1 Å². The van der Waals surface area contributed by atoms with Crippen LogP contribution >= 0.6 is 0 Å². The third kappa shape index (κ3) is 1.78. The number of piperidine rings is 1. The minimum atomic E-state index is 0.749. The Morgan fingerprint density at radius 2 is 2.31 bits per heavy atom. The molecule has 4 heteroatoms. The van der Waals surface area contributed by atoms with Crippen molar-refractivity contribution < 1.29 is 0 Å². The average Bonchev–Trinajstić information content (AvgIpc) is 2.75. The van der Waals surface area contributed by atoms with Gasteiger partial charge in [0.15, 0.2) is 0 Å². The second-order valence-electron chi connectivity index (χ2n) is 4.86. The average molecular weight is 218 g/mol. The standard InChI is InChI=1S/C12H18N4/c1-9-6-12(15-8-14-9)16-5-3-11-10(7-16)2-4-13-11/h6,8,10-11,13H,2-5,7H2,1H3. The molecular weight excluding hydrogens is 200 g/mol. The van der Waals surface area contributed by atoms with Gasteiger partial charge in [-0.25, -0.2) is 9.97 Å². The zero-order valence-electron chi connectivity index (χ0n) is 9.69. The highest BCUT2D eigenvalue weighted by atomic mass is 15.2. The van der Waals surface area contributed by atoms with Crippen LogP contribution in [0.3, 0.4) is 0 Å². The van der Waals surface area contributed by atoms with Crippen molar-refractivity contribution in [1.82, 2.24) is 15.3 Å². The van der Waals surface area contributed by atoms with Crippen molar-refractivity contribution in [3.63, 3.8) is 0 Å². The van der Waals surface area contributed by atoms with Crippen molar-refractivity contribution in [2.24, 2.45) is 5.92 Å². The summed E-state index contributed by atoms with van der Waals surface area (Å²) in [5.74, 6) is 1.90. The van der Waals surface area contributed by atoms with Gasteiger partial charge in [-0.1, -0.05) is 0 Å². The van der Waals surface area contributed by atoms with Gasteiger partial charge in [-0.3, -0.25) is 0 Å². The first-order valence-corrected chi connectivity index (χ1v) is 6.10. The lowest BCUT2D eigenvalue weighted by atomic mass is 9.93. The van der Waals surface area contributed by atoms with Gasteiger partial charge in [0.25, 0.3) is 0 Å². The van der Waals surface area contributed by atoms with Gasteiger partial charge in [0.05, 0.1) is 0 Å². The van der Waals surface area contributed by atoms with E-state index in [9.17, 15) is 0 Å². The summed E-state index contributed by atoms with van der Waals surface area (Å²) in [5.41, 5.74) is 1.05. The number of nitrogens with one attached hydrogen (secondary N) is 1. The topological polar surface area (TPSA) is 41.0 Å². The van der Waals surface area contributed by atoms with Crippen molar-refractivity contribution in [2.75, 3.05) is 24.5 Å². The third-order valence-electron chi connectivity index (χ3n) is 3.77. The van der Waals surface area contributed by atoms with Crippen LogP contribution in [-0.4, -0.2) is 35.6 Å². The zero-order valence-corrected chi connectivity index (χ0v) is 9.69. The predicted molar refractivity (Wildman–Crippen MR) is 63.5 cm³/mol. The molecule has 2 atom stereocenters. The number of aromatic nitrogens is 2. The van der Waals surface area contributed by atoms with E-state index in [0.717, 1.165) is 36.6 Å². The first-order valence-electron chi connectivity index (χ1n) is 6.10. The summed E-state index contributed by atoms with van der Waals surface area (Å²) in [7, 11) is 0. The van der Waals surface area contributed by atoms with Crippen LogP contribution in [0, 0.1) is 12.8 Å². The van der Waals surface area contributed by atoms with Crippen molar-refractivity contribution in [2.45, 2.75) is 25.8 Å². The minimum Gasteiger partial charge on any atom is -0.356 e. The Balaban J connectivity index is 1.76. The van der Waals surface area contributed by atoms with E-state index < -0.39 is 0 Å². The quantitative estimate of drug-likeness (QED) is 0.762. The molecule has 0 spiro atoms. The molecule has 2 aliphatic heterocycles. The van der Waals surface area contributed by atoms with Crippen LogP contribution in [-0.2, 0) is 0 Å². The molecule has 1 N–H and O–H groups in total. The summed E-state index contributed by atoms with van der Waals surface area (Å²) < 4.78 is 0. The lowest BCUT2D eigenvalue weighted by molar-refractivity contribution is 0.375. The van der Waals surface area contributed by atoms with E-state index in [2.05, 4.69) is 26.3 Å². The van der Waals surface area contributed by atoms with E-state index in [1.165, 1.54) is 19.4 Å². The fraction of sp³-hybridized carbons (Fsp3) is 0.667. The van der Waals surface area contributed by atoms with Crippen molar-refractivity contribution in [1.29, 1.82) is 0 Å². The summed E-state index contributed by atoms with van der Waals surface area (Å²) in [6.45, 7) is 5.47. The molecule has 1 aromatic rings. The van der Waals surface area contributed by atoms with E-state index in [1.807, 2.05) is 6.92 Å². The van der Waals surface area contributed by atoms with Crippen molar-refractivity contribution in [3.05, 3.63) is 18.1 Å². The molecule has 2 unspecified atom stereocenters. The molecule has 0 saturated carbocycles. The molecule has 86 valence electrons. The number of hydrogen-bond donors (Lipinski definition) is 1. The minimum absolute atomic E-state index is 0.749. The molecule has 3 heterocycles. The summed E-state index contributed by atoms with van der Waals surface area (Å²) in [4.78, 5) is 10.9. The molecule has 2 aliphatic rings. The predicted octanol–water partition coefficient (Wildman–Crippen LogP) is 0.973. The fourth-order valence-corrected chi connectivity index (χ4v) is 2.87. The highest BCUT2D eigenvalue weighted by Gasteiger charge is 2.32. The molecule has 3 rings (SSSR count). The summed E-state index contributed by atoms with van der Waals surface area (Å²) in [6.07, 6.45) is 4.22. The Morgan fingerprint density at radius 3 is 3.19 bits per heavy atom. The molecule has 0 aliphatic carbocycles. The van der Waals surface area contributed by atoms with Crippen LogP contribution in [0.5, 0.6) is 0 Å². The maximum Gasteiger partial charge on any atom is 0.132 e. The number of rotatable bonds is 1. The molecule has 16 heavy (non-hydrogen) atoms. The van der Waals surface area contributed by atoms with Crippen LogP contribution < -0.4 is 10.2 Å². The number of aryl methyl sites for hydroxylation is 1. The van der Waals surface area contributed by atoms with Gasteiger partial charge >= 0.3 is 0 Å². The molecule has 0 aromatic carbocycles. The summed E-state index contributed by atoms with van der Waals surface area (Å²) >= 11 is 0. The van der Waals surface area contributed by atoms with Crippen LogP contribution in [0.25, 0.3) is 0 Å². The van der Waals surface area contributed by atoms with E-state index in [-0.39, 0.29) is 0 Å². The molecule has 0 amide bonds. The maximum absolute atomic E-state index is 4.37. The normalized spacial score (nSPS) is 29.2. The molecular formula is C12H18N4. The second-order valence-corrected chi connectivity index (χ2v) is 4.86. The van der Waals surface area contributed by atoms with Crippen molar-refractivity contribution >= 4 is 5.82 Å². The number of anilines is 1. The highest BCUT2D eigenvalue weighted by molar-refractivity contribution is 5.39. The van der Waals surface area contributed by atoms with Gasteiger partial charge in [0, 0.05) is 30.9 Å². The Kier molecular flexibility index (Phi) is 2.52. The number of nitrogens with zero attached hydrogens (tertiary/aromatic N) is 3. The lowest BCUT2D eigenvalue weighted by Gasteiger charge is -2.35. The van der Waals surface area contributed by atoms with Crippen LogP contribution in [0.1, 0.15) is 18.5 Å². The van der Waals surface area contributed by atoms with Crippen LogP contribution in [0.2, 0.25) is 0 Å². The number of fused-ring (bicyclic) bond motifs is 1. The fourth-order valence-electron chi connectivity index (χ4n) is 2.87. The molecule has 2 saturated heterocycles.